The molecule has 1 amide bonds. The van der Waals surface area contributed by atoms with Crippen molar-refractivity contribution in [2.75, 3.05) is 6.54 Å². The molecule has 0 radical (unpaired) electrons. The maximum Gasteiger partial charge on any atom is 0.326 e. The van der Waals surface area contributed by atoms with Gasteiger partial charge >= 0.3 is 5.97 Å². The van der Waals surface area contributed by atoms with E-state index in [4.69, 9.17) is 9.52 Å². The third kappa shape index (κ3) is 4.58. The van der Waals surface area contributed by atoms with Crippen molar-refractivity contribution in [3.05, 3.63) is 23.7 Å². The second kappa shape index (κ2) is 7.64. The van der Waals surface area contributed by atoms with E-state index >= 15 is 0 Å². The minimum absolute atomic E-state index is 0.163. The van der Waals surface area contributed by atoms with Crippen molar-refractivity contribution in [1.82, 2.24) is 10.2 Å². The first kappa shape index (κ1) is 17.5. The smallest absolute Gasteiger partial charge is 0.326 e. The lowest BCUT2D eigenvalue weighted by molar-refractivity contribution is -0.140. The lowest BCUT2D eigenvalue weighted by Gasteiger charge is -2.32. The van der Waals surface area contributed by atoms with Crippen LogP contribution in [0.15, 0.2) is 16.5 Å². The normalized spacial score (nSPS) is 20.4. The van der Waals surface area contributed by atoms with Gasteiger partial charge < -0.3 is 14.8 Å². The number of hydrogen-bond acceptors (Lipinski definition) is 4. The van der Waals surface area contributed by atoms with Crippen LogP contribution in [0.5, 0.6) is 0 Å². The summed E-state index contributed by atoms with van der Waals surface area (Å²) in [6.45, 7) is 7.43. The van der Waals surface area contributed by atoms with Gasteiger partial charge in [0, 0.05) is 6.04 Å². The summed E-state index contributed by atoms with van der Waals surface area (Å²) >= 11 is 0. The number of hydrogen-bond donors (Lipinski definition) is 2. The number of rotatable bonds is 6. The number of nitrogens with one attached hydrogen (secondary N) is 1. The van der Waals surface area contributed by atoms with E-state index in [1.807, 2.05) is 0 Å². The van der Waals surface area contributed by atoms with E-state index in [0.29, 0.717) is 12.6 Å². The molecule has 6 nitrogen and oxygen atoms in total. The molecule has 2 heterocycles. The van der Waals surface area contributed by atoms with E-state index < -0.39 is 17.9 Å². The molecule has 0 spiro atoms. The van der Waals surface area contributed by atoms with Gasteiger partial charge in [-0.15, -0.1) is 0 Å². The Hall–Kier alpha value is -1.82. The number of carbonyl (C=O) groups excluding carboxylic acids is 1. The lowest BCUT2D eigenvalue weighted by Crippen LogP contribution is -2.44. The first-order valence-corrected chi connectivity index (χ1v) is 8.25. The van der Waals surface area contributed by atoms with Crippen molar-refractivity contribution in [2.24, 2.45) is 5.92 Å². The average Bonchev–Trinajstić information content (AvgIpc) is 2.95. The van der Waals surface area contributed by atoms with E-state index in [9.17, 15) is 9.59 Å². The van der Waals surface area contributed by atoms with Gasteiger partial charge in [0.1, 0.15) is 11.8 Å². The van der Waals surface area contributed by atoms with Crippen LogP contribution < -0.4 is 5.32 Å². The molecule has 1 aliphatic heterocycles. The molecule has 1 aliphatic rings. The summed E-state index contributed by atoms with van der Waals surface area (Å²) in [7, 11) is 0. The fraction of sp³-hybridized carbons (Fsp3) is 0.647. The lowest BCUT2D eigenvalue weighted by atomic mass is 10.0. The van der Waals surface area contributed by atoms with Gasteiger partial charge in [0.05, 0.1) is 6.54 Å². The molecule has 2 N–H and O–H groups in total. The molecule has 128 valence electrons. The first-order chi connectivity index (χ1) is 10.9. The predicted octanol–water partition coefficient (Wildman–Crippen LogP) is 2.49. The van der Waals surface area contributed by atoms with E-state index in [2.05, 4.69) is 17.1 Å². The van der Waals surface area contributed by atoms with Gasteiger partial charge in [-0.2, -0.15) is 0 Å². The van der Waals surface area contributed by atoms with E-state index in [1.165, 1.54) is 19.3 Å². The molecule has 1 aromatic heterocycles. The Morgan fingerprint density at radius 2 is 2.13 bits per heavy atom. The molecule has 0 bridgehead atoms. The van der Waals surface area contributed by atoms with E-state index in [0.717, 1.165) is 12.3 Å². The predicted molar refractivity (Wildman–Crippen MR) is 86.2 cm³/mol. The maximum absolute atomic E-state index is 12.2. The summed E-state index contributed by atoms with van der Waals surface area (Å²) < 4.78 is 5.61. The standard InChI is InChI=1S/C17H26N2O4/c1-11(2)15(17(21)22)18-16(20)14-8-7-13(23-14)10-19-9-5-4-6-12(19)3/h7-8,11-12,15H,4-6,9-10H2,1-3H3,(H,18,20)(H,21,22). The summed E-state index contributed by atoms with van der Waals surface area (Å²) in [5.41, 5.74) is 0. The highest BCUT2D eigenvalue weighted by Gasteiger charge is 2.26. The molecule has 2 rings (SSSR count). The number of nitrogens with zero attached hydrogens (tertiary/aromatic N) is 1. The Balaban J connectivity index is 1.98. The fourth-order valence-corrected chi connectivity index (χ4v) is 2.90. The van der Waals surface area contributed by atoms with Crippen LogP contribution in [0.25, 0.3) is 0 Å². The van der Waals surface area contributed by atoms with Gasteiger partial charge in [-0.05, 0) is 44.4 Å². The Morgan fingerprint density at radius 1 is 1.39 bits per heavy atom. The molecular formula is C17H26N2O4. The zero-order chi connectivity index (χ0) is 17.0. The third-order valence-electron chi connectivity index (χ3n) is 4.40. The Bertz CT molecular complexity index is 553. The second-order valence-corrected chi connectivity index (χ2v) is 6.61. The van der Waals surface area contributed by atoms with Crippen molar-refractivity contribution in [3.8, 4) is 0 Å². The first-order valence-electron chi connectivity index (χ1n) is 8.25. The van der Waals surface area contributed by atoms with Gasteiger partial charge in [0.25, 0.3) is 5.91 Å². The number of carbonyl (C=O) groups is 2. The molecule has 1 fully saturated rings. The molecule has 1 saturated heterocycles. The Morgan fingerprint density at radius 3 is 2.74 bits per heavy atom. The molecule has 1 aromatic rings. The van der Waals surface area contributed by atoms with Crippen LogP contribution in [0.2, 0.25) is 0 Å². The summed E-state index contributed by atoms with van der Waals surface area (Å²) in [6.07, 6.45) is 3.63. The fourth-order valence-electron chi connectivity index (χ4n) is 2.90. The van der Waals surface area contributed by atoms with Gasteiger partial charge in [-0.1, -0.05) is 20.3 Å². The van der Waals surface area contributed by atoms with Crippen LogP contribution in [0, 0.1) is 5.92 Å². The van der Waals surface area contributed by atoms with Crippen LogP contribution in [0.3, 0.4) is 0 Å². The number of aliphatic carboxylic acids is 1. The maximum atomic E-state index is 12.2. The molecule has 2 unspecified atom stereocenters. The van der Waals surface area contributed by atoms with Crippen molar-refractivity contribution < 1.29 is 19.1 Å². The number of carboxylic acids is 1. The van der Waals surface area contributed by atoms with Gasteiger partial charge in [0.15, 0.2) is 5.76 Å². The van der Waals surface area contributed by atoms with Crippen LogP contribution in [-0.4, -0.2) is 40.5 Å². The Kier molecular flexibility index (Phi) is 5.82. The minimum Gasteiger partial charge on any atom is -0.480 e. The molecular weight excluding hydrogens is 296 g/mol. The molecule has 0 aromatic carbocycles. The Labute approximate surface area is 136 Å². The van der Waals surface area contributed by atoms with E-state index in [-0.39, 0.29) is 11.7 Å². The quantitative estimate of drug-likeness (QED) is 0.841. The van der Waals surface area contributed by atoms with Gasteiger partial charge in [0.2, 0.25) is 0 Å². The average molecular weight is 322 g/mol. The van der Waals surface area contributed by atoms with Crippen LogP contribution in [0.1, 0.15) is 56.3 Å². The highest BCUT2D eigenvalue weighted by Crippen LogP contribution is 2.20. The molecule has 0 aliphatic carbocycles. The van der Waals surface area contributed by atoms with Crippen molar-refractivity contribution >= 4 is 11.9 Å². The van der Waals surface area contributed by atoms with Crippen LogP contribution in [-0.2, 0) is 11.3 Å². The molecule has 2 atom stereocenters. The summed E-state index contributed by atoms with van der Waals surface area (Å²) in [6, 6.07) is 3.00. The van der Waals surface area contributed by atoms with Gasteiger partial charge in [-0.25, -0.2) is 4.79 Å². The molecule has 0 saturated carbocycles. The van der Waals surface area contributed by atoms with Crippen molar-refractivity contribution in [2.45, 2.75) is 58.7 Å². The largest absolute Gasteiger partial charge is 0.480 e. The number of carboxylic acid groups (broad SMARTS) is 1. The third-order valence-corrected chi connectivity index (χ3v) is 4.40. The van der Waals surface area contributed by atoms with Crippen LogP contribution >= 0.6 is 0 Å². The number of piperidine rings is 1. The number of furan rings is 1. The SMILES string of the molecule is CC(C)C(NC(=O)c1ccc(CN2CCCCC2C)o1)C(=O)O. The summed E-state index contributed by atoms with van der Waals surface area (Å²) in [4.78, 5) is 25.7. The topological polar surface area (TPSA) is 82.8 Å². The van der Waals surface area contributed by atoms with E-state index in [1.54, 1.807) is 26.0 Å². The van der Waals surface area contributed by atoms with Crippen LogP contribution in [0.4, 0.5) is 0 Å². The van der Waals surface area contributed by atoms with Crippen molar-refractivity contribution in [1.29, 1.82) is 0 Å². The molecule has 23 heavy (non-hydrogen) atoms. The zero-order valence-corrected chi connectivity index (χ0v) is 14.0. The zero-order valence-electron chi connectivity index (χ0n) is 14.0. The minimum atomic E-state index is -1.04. The summed E-state index contributed by atoms with van der Waals surface area (Å²) in [5, 5.41) is 11.7. The highest BCUT2D eigenvalue weighted by molar-refractivity contribution is 5.94. The summed E-state index contributed by atoms with van der Waals surface area (Å²) in [5.74, 6) is -0.816. The highest BCUT2D eigenvalue weighted by atomic mass is 16.4. The van der Waals surface area contributed by atoms with Crippen molar-refractivity contribution in [3.63, 3.8) is 0 Å². The monoisotopic (exact) mass is 322 g/mol. The second-order valence-electron chi connectivity index (χ2n) is 6.61. The molecule has 6 heteroatoms. The van der Waals surface area contributed by atoms with Gasteiger partial charge in [-0.3, -0.25) is 9.69 Å². The number of likely N-dealkylation sites (tertiary alicyclic amines) is 1. The number of amides is 1.